The fourth-order valence-electron chi connectivity index (χ4n) is 1.81. The molecule has 2 rings (SSSR count). The number of hydrogen-bond acceptors (Lipinski definition) is 3. The van der Waals surface area contributed by atoms with Gasteiger partial charge in [0, 0.05) is 15.6 Å². The summed E-state index contributed by atoms with van der Waals surface area (Å²) in [5.74, 6) is 1.55. The largest absolute Gasteiger partial charge is 0.496 e. The Kier molecular flexibility index (Phi) is 4.79. The van der Waals surface area contributed by atoms with E-state index < -0.39 is 0 Å². The van der Waals surface area contributed by atoms with Gasteiger partial charge in [0.1, 0.15) is 18.1 Å². The third-order valence-corrected chi connectivity index (χ3v) is 3.39. The van der Waals surface area contributed by atoms with Crippen molar-refractivity contribution in [3.05, 3.63) is 58.1 Å². The lowest BCUT2D eigenvalue weighted by molar-refractivity contribution is 0.101. The van der Waals surface area contributed by atoms with Gasteiger partial charge in [0.2, 0.25) is 0 Å². The Hall–Kier alpha value is -1.81. The first kappa shape index (κ1) is 14.6. The van der Waals surface area contributed by atoms with E-state index in [4.69, 9.17) is 9.47 Å². The Morgan fingerprint density at radius 3 is 2.45 bits per heavy atom. The summed E-state index contributed by atoms with van der Waals surface area (Å²) in [5, 5.41) is 0. The summed E-state index contributed by atoms with van der Waals surface area (Å²) in [5.41, 5.74) is 1.63. The molecule has 2 aromatic rings. The molecule has 0 amide bonds. The highest BCUT2D eigenvalue weighted by Gasteiger charge is 2.05. The van der Waals surface area contributed by atoms with Gasteiger partial charge in [0.15, 0.2) is 5.78 Å². The summed E-state index contributed by atoms with van der Waals surface area (Å²) in [6.45, 7) is 1.95. The van der Waals surface area contributed by atoms with Crippen LogP contribution in [0.1, 0.15) is 22.8 Å². The normalized spacial score (nSPS) is 10.2. The first-order chi connectivity index (χ1) is 9.60. The zero-order valence-corrected chi connectivity index (χ0v) is 12.9. The van der Waals surface area contributed by atoms with Gasteiger partial charge < -0.3 is 9.47 Å². The topological polar surface area (TPSA) is 35.5 Å². The second-order valence-electron chi connectivity index (χ2n) is 4.33. The molecule has 0 saturated carbocycles. The number of carbonyl (C=O) groups is 1. The molecule has 0 saturated heterocycles. The monoisotopic (exact) mass is 334 g/mol. The van der Waals surface area contributed by atoms with Crippen LogP contribution in [0.5, 0.6) is 11.5 Å². The van der Waals surface area contributed by atoms with Crippen molar-refractivity contribution in [1.82, 2.24) is 0 Å². The number of ether oxygens (including phenoxy) is 2. The Morgan fingerprint density at radius 1 is 1.15 bits per heavy atom. The molecule has 104 valence electrons. The molecule has 0 spiro atoms. The second-order valence-corrected chi connectivity index (χ2v) is 5.24. The van der Waals surface area contributed by atoms with Gasteiger partial charge in [-0.3, -0.25) is 4.79 Å². The number of carbonyl (C=O) groups excluding carboxylic acids is 1. The predicted octanol–water partition coefficient (Wildman–Crippen LogP) is 4.24. The van der Waals surface area contributed by atoms with Crippen LogP contribution in [0.25, 0.3) is 0 Å². The Labute approximate surface area is 126 Å². The van der Waals surface area contributed by atoms with Crippen molar-refractivity contribution in [1.29, 1.82) is 0 Å². The lowest BCUT2D eigenvalue weighted by Crippen LogP contribution is -1.99. The van der Waals surface area contributed by atoms with E-state index >= 15 is 0 Å². The van der Waals surface area contributed by atoms with Crippen LogP contribution >= 0.6 is 15.9 Å². The molecule has 0 heterocycles. The van der Waals surface area contributed by atoms with Crippen LogP contribution in [0.2, 0.25) is 0 Å². The molecule has 0 bridgehead atoms. The Morgan fingerprint density at radius 2 is 1.85 bits per heavy atom. The minimum Gasteiger partial charge on any atom is -0.496 e. The van der Waals surface area contributed by atoms with Crippen LogP contribution in [0.4, 0.5) is 0 Å². The van der Waals surface area contributed by atoms with Gasteiger partial charge in [0.25, 0.3) is 0 Å². The summed E-state index contributed by atoms with van der Waals surface area (Å²) in [6.07, 6.45) is 0. The standard InChI is InChI=1S/C16H15BrO3/c1-11(18)12-3-6-15(7-4-12)20-10-13-9-14(17)5-8-16(13)19-2/h3-9H,10H2,1-2H3. The SMILES string of the molecule is COc1ccc(Br)cc1COc1ccc(C(C)=O)cc1. The molecule has 0 aliphatic rings. The van der Waals surface area contributed by atoms with E-state index in [1.165, 1.54) is 0 Å². The van der Waals surface area contributed by atoms with E-state index in [1.54, 1.807) is 38.3 Å². The average Bonchev–Trinajstić information content (AvgIpc) is 2.45. The molecule has 0 aliphatic carbocycles. The van der Waals surface area contributed by atoms with E-state index in [2.05, 4.69) is 15.9 Å². The lowest BCUT2D eigenvalue weighted by Gasteiger charge is -2.11. The number of ketones is 1. The molecule has 0 N–H and O–H groups in total. The van der Waals surface area contributed by atoms with E-state index in [-0.39, 0.29) is 5.78 Å². The molecule has 0 atom stereocenters. The molecule has 0 radical (unpaired) electrons. The zero-order chi connectivity index (χ0) is 14.5. The lowest BCUT2D eigenvalue weighted by atomic mass is 10.1. The fourth-order valence-corrected chi connectivity index (χ4v) is 2.22. The maximum absolute atomic E-state index is 11.2. The Bertz CT molecular complexity index is 606. The van der Waals surface area contributed by atoms with Crippen molar-refractivity contribution >= 4 is 21.7 Å². The van der Waals surface area contributed by atoms with Gasteiger partial charge in [-0.05, 0) is 49.4 Å². The molecule has 0 aliphatic heterocycles. The highest BCUT2D eigenvalue weighted by molar-refractivity contribution is 9.10. The molecule has 4 heteroatoms. The van der Waals surface area contributed by atoms with Crippen LogP contribution in [-0.4, -0.2) is 12.9 Å². The third-order valence-electron chi connectivity index (χ3n) is 2.90. The summed E-state index contributed by atoms with van der Waals surface area (Å²) in [4.78, 5) is 11.2. The number of rotatable bonds is 5. The van der Waals surface area contributed by atoms with Crippen molar-refractivity contribution in [3.63, 3.8) is 0 Å². The highest BCUT2D eigenvalue weighted by atomic mass is 79.9. The number of benzene rings is 2. The number of halogens is 1. The first-order valence-corrected chi connectivity index (χ1v) is 6.95. The zero-order valence-electron chi connectivity index (χ0n) is 11.4. The summed E-state index contributed by atoms with van der Waals surface area (Å²) >= 11 is 3.43. The van der Waals surface area contributed by atoms with Crippen LogP contribution in [0.3, 0.4) is 0 Å². The number of methoxy groups -OCH3 is 1. The number of Topliss-reactive ketones (excluding diaryl/α,β-unsaturated/α-hetero) is 1. The van der Waals surface area contributed by atoms with Crippen LogP contribution < -0.4 is 9.47 Å². The Balaban J connectivity index is 2.08. The quantitative estimate of drug-likeness (QED) is 0.767. The van der Waals surface area contributed by atoms with E-state index in [0.29, 0.717) is 12.2 Å². The molecular weight excluding hydrogens is 320 g/mol. The minimum atomic E-state index is 0.0465. The second kappa shape index (κ2) is 6.57. The smallest absolute Gasteiger partial charge is 0.159 e. The van der Waals surface area contributed by atoms with E-state index in [0.717, 1.165) is 21.5 Å². The van der Waals surface area contributed by atoms with Gasteiger partial charge >= 0.3 is 0 Å². The minimum absolute atomic E-state index is 0.0465. The molecule has 3 nitrogen and oxygen atoms in total. The predicted molar refractivity (Wildman–Crippen MR) is 81.5 cm³/mol. The van der Waals surface area contributed by atoms with Crippen molar-refractivity contribution in [2.24, 2.45) is 0 Å². The van der Waals surface area contributed by atoms with Crippen molar-refractivity contribution in [2.45, 2.75) is 13.5 Å². The molecular formula is C16H15BrO3. The van der Waals surface area contributed by atoms with Crippen LogP contribution in [0.15, 0.2) is 46.9 Å². The van der Waals surface area contributed by atoms with Gasteiger partial charge in [-0.25, -0.2) is 0 Å². The molecule has 0 unspecified atom stereocenters. The van der Waals surface area contributed by atoms with Gasteiger partial charge in [-0.15, -0.1) is 0 Å². The molecule has 0 aromatic heterocycles. The summed E-state index contributed by atoms with van der Waals surface area (Å²) < 4.78 is 12.0. The van der Waals surface area contributed by atoms with Gasteiger partial charge in [0.05, 0.1) is 7.11 Å². The molecule has 0 fully saturated rings. The van der Waals surface area contributed by atoms with Gasteiger partial charge in [-0.2, -0.15) is 0 Å². The number of hydrogen-bond donors (Lipinski definition) is 0. The van der Waals surface area contributed by atoms with Crippen molar-refractivity contribution in [3.8, 4) is 11.5 Å². The highest BCUT2D eigenvalue weighted by Crippen LogP contribution is 2.24. The van der Waals surface area contributed by atoms with Crippen molar-refractivity contribution in [2.75, 3.05) is 7.11 Å². The third kappa shape index (κ3) is 3.61. The summed E-state index contributed by atoms with van der Waals surface area (Å²) in [6, 6.07) is 12.9. The first-order valence-electron chi connectivity index (χ1n) is 6.16. The van der Waals surface area contributed by atoms with Crippen molar-refractivity contribution < 1.29 is 14.3 Å². The average molecular weight is 335 g/mol. The van der Waals surface area contributed by atoms with E-state index in [9.17, 15) is 4.79 Å². The van der Waals surface area contributed by atoms with Gasteiger partial charge in [-0.1, -0.05) is 15.9 Å². The molecule has 2 aromatic carbocycles. The maximum atomic E-state index is 11.2. The van der Waals surface area contributed by atoms with E-state index in [1.807, 2.05) is 18.2 Å². The fraction of sp³-hybridized carbons (Fsp3) is 0.188. The summed E-state index contributed by atoms with van der Waals surface area (Å²) in [7, 11) is 1.63. The maximum Gasteiger partial charge on any atom is 0.159 e. The van der Waals surface area contributed by atoms with Crippen LogP contribution in [-0.2, 0) is 6.61 Å². The van der Waals surface area contributed by atoms with Crippen LogP contribution in [0, 0.1) is 0 Å². The molecule has 20 heavy (non-hydrogen) atoms.